The number of phenols is 1. The largest absolute Gasteiger partial charge is 0.507 e. The zero-order valence-corrected chi connectivity index (χ0v) is 11.5. The lowest BCUT2D eigenvalue weighted by molar-refractivity contribution is 0.337. The number of benzene rings is 2. The first-order valence-electron chi connectivity index (χ1n) is 6.63. The van der Waals surface area contributed by atoms with E-state index >= 15 is 0 Å². The van der Waals surface area contributed by atoms with Crippen LogP contribution in [0, 0.1) is 0 Å². The summed E-state index contributed by atoms with van der Waals surface area (Å²) < 4.78 is 10.5. The molecule has 0 radical (unpaired) electrons. The van der Waals surface area contributed by atoms with Gasteiger partial charge in [-0.3, -0.25) is 0 Å². The lowest BCUT2D eigenvalue weighted by Gasteiger charge is -2.04. The lowest BCUT2D eigenvalue weighted by Crippen LogP contribution is -1.91. The van der Waals surface area contributed by atoms with Crippen LogP contribution in [0.4, 0.5) is 0 Å². The molecule has 1 aromatic heterocycles. The Balaban J connectivity index is 1.93. The van der Waals surface area contributed by atoms with Crippen LogP contribution >= 0.6 is 0 Å². The molecule has 0 atom stereocenters. The van der Waals surface area contributed by atoms with Gasteiger partial charge in [0.2, 0.25) is 5.82 Å². The molecule has 3 rings (SSSR count). The molecule has 5 heteroatoms. The number of phenolic OH excluding ortho intramolecular Hbond substituents is 1. The van der Waals surface area contributed by atoms with Gasteiger partial charge in [-0.2, -0.15) is 4.98 Å². The predicted octanol–water partition coefficient (Wildman–Crippen LogP) is 3.51. The average Bonchev–Trinajstić information content (AvgIpc) is 2.98. The molecular weight excluding hydrogens is 268 g/mol. The summed E-state index contributed by atoms with van der Waals surface area (Å²) >= 11 is 0. The highest BCUT2D eigenvalue weighted by Gasteiger charge is 2.14. The molecule has 0 saturated carbocycles. The molecular formula is C16H14N2O3. The SMILES string of the molecule is CCOc1ccc(-c2nc(-c3ccccc3)no2)c(O)c1. The maximum Gasteiger partial charge on any atom is 0.262 e. The summed E-state index contributed by atoms with van der Waals surface area (Å²) in [5.41, 5.74) is 1.34. The van der Waals surface area contributed by atoms with Crippen molar-refractivity contribution in [2.45, 2.75) is 6.92 Å². The number of rotatable bonds is 4. The molecule has 0 aliphatic rings. The van der Waals surface area contributed by atoms with Crippen molar-refractivity contribution in [3.63, 3.8) is 0 Å². The van der Waals surface area contributed by atoms with Crippen LogP contribution in [0.25, 0.3) is 22.8 Å². The van der Waals surface area contributed by atoms with Crippen LogP contribution in [0.3, 0.4) is 0 Å². The number of aromatic nitrogens is 2. The van der Waals surface area contributed by atoms with Gasteiger partial charge in [-0.15, -0.1) is 0 Å². The second-order valence-electron chi connectivity index (χ2n) is 4.40. The first kappa shape index (κ1) is 13.2. The Morgan fingerprint density at radius 1 is 1.14 bits per heavy atom. The summed E-state index contributed by atoms with van der Waals surface area (Å²) in [6.07, 6.45) is 0. The smallest absolute Gasteiger partial charge is 0.262 e. The van der Waals surface area contributed by atoms with Crippen LogP contribution in [-0.4, -0.2) is 21.9 Å². The molecule has 0 bridgehead atoms. The van der Waals surface area contributed by atoms with Crippen LogP contribution < -0.4 is 4.74 Å². The molecule has 0 spiro atoms. The minimum atomic E-state index is 0.0456. The summed E-state index contributed by atoms with van der Waals surface area (Å²) in [4.78, 5) is 4.31. The minimum Gasteiger partial charge on any atom is -0.507 e. The summed E-state index contributed by atoms with van der Waals surface area (Å²) in [5, 5.41) is 14.0. The molecule has 5 nitrogen and oxygen atoms in total. The van der Waals surface area contributed by atoms with Crippen molar-refractivity contribution in [2.24, 2.45) is 0 Å². The highest BCUT2D eigenvalue weighted by atomic mass is 16.5. The number of aromatic hydroxyl groups is 1. The van der Waals surface area contributed by atoms with Crippen molar-refractivity contribution < 1.29 is 14.4 Å². The second kappa shape index (κ2) is 5.66. The van der Waals surface area contributed by atoms with E-state index in [2.05, 4.69) is 10.1 Å². The summed E-state index contributed by atoms with van der Waals surface area (Å²) in [5.74, 6) is 1.40. The third-order valence-electron chi connectivity index (χ3n) is 2.97. The molecule has 0 unspecified atom stereocenters. The number of hydrogen-bond donors (Lipinski definition) is 1. The van der Waals surface area contributed by atoms with E-state index in [-0.39, 0.29) is 11.6 Å². The molecule has 21 heavy (non-hydrogen) atoms. The zero-order valence-electron chi connectivity index (χ0n) is 11.5. The maximum atomic E-state index is 10.0. The Hall–Kier alpha value is -2.82. The highest BCUT2D eigenvalue weighted by molar-refractivity contribution is 5.66. The van der Waals surface area contributed by atoms with E-state index in [4.69, 9.17) is 9.26 Å². The number of hydrogen-bond acceptors (Lipinski definition) is 5. The van der Waals surface area contributed by atoms with E-state index in [1.807, 2.05) is 37.3 Å². The van der Waals surface area contributed by atoms with Crippen molar-refractivity contribution in [2.75, 3.05) is 6.61 Å². The molecule has 0 aliphatic carbocycles. The van der Waals surface area contributed by atoms with Crippen molar-refractivity contribution in [1.82, 2.24) is 10.1 Å². The maximum absolute atomic E-state index is 10.0. The van der Waals surface area contributed by atoms with Gasteiger partial charge in [-0.25, -0.2) is 0 Å². The molecule has 1 heterocycles. The normalized spacial score (nSPS) is 10.5. The van der Waals surface area contributed by atoms with E-state index in [0.29, 0.717) is 23.7 Å². The van der Waals surface area contributed by atoms with Crippen LogP contribution in [-0.2, 0) is 0 Å². The van der Waals surface area contributed by atoms with E-state index < -0.39 is 0 Å². The van der Waals surface area contributed by atoms with E-state index in [1.165, 1.54) is 6.07 Å². The van der Waals surface area contributed by atoms with Gasteiger partial charge in [0.15, 0.2) is 0 Å². The predicted molar refractivity (Wildman–Crippen MR) is 78.0 cm³/mol. The Kier molecular flexibility index (Phi) is 3.55. The van der Waals surface area contributed by atoms with Crippen LogP contribution in [0.1, 0.15) is 6.92 Å². The van der Waals surface area contributed by atoms with Crippen LogP contribution in [0.2, 0.25) is 0 Å². The van der Waals surface area contributed by atoms with Crippen molar-refractivity contribution in [3.8, 4) is 34.3 Å². The molecule has 106 valence electrons. The van der Waals surface area contributed by atoms with Crippen molar-refractivity contribution >= 4 is 0 Å². The fraction of sp³-hybridized carbons (Fsp3) is 0.125. The van der Waals surface area contributed by atoms with Gasteiger partial charge in [-0.1, -0.05) is 35.5 Å². The van der Waals surface area contributed by atoms with E-state index in [0.717, 1.165) is 5.56 Å². The van der Waals surface area contributed by atoms with Gasteiger partial charge in [0.1, 0.15) is 11.5 Å². The lowest BCUT2D eigenvalue weighted by atomic mass is 10.2. The summed E-state index contributed by atoms with van der Waals surface area (Å²) in [7, 11) is 0. The van der Waals surface area contributed by atoms with Crippen molar-refractivity contribution in [1.29, 1.82) is 0 Å². The van der Waals surface area contributed by atoms with Gasteiger partial charge in [-0.05, 0) is 19.1 Å². The topological polar surface area (TPSA) is 68.4 Å². The average molecular weight is 282 g/mol. The van der Waals surface area contributed by atoms with Gasteiger partial charge < -0.3 is 14.4 Å². The minimum absolute atomic E-state index is 0.0456. The zero-order chi connectivity index (χ0) is 14.7. The second-order valence-corrected chi connectivity index (χ2v) is 4.40. The molecule has 3 aromatic rings. The van der Waals surface area contributed by atoms with Crippen molar-refractivity contribution in [3.05, 3.63) is 48.5 Å². The Labute approximate surface area is 121 Å². The highest BCUT2D eigenvalue weighted by Crippen LogP contribution is 2.32. The van der Waals surface area contributed by atoms with E-state index in [1.54, 1.807) is 12.1 Å². The Morgan fingerprint density at radius 3 is 2.67 bits per heavy atom. The first-order chi connectivity index (χ1) is 10.3. The van der Waals surface area contributed by atoms with Gasteiger partial charge in [0, 0.05) is 11.6 Å². The Bertz CT molecular complexity index is 738. The molecule has 0 fully saturated rings. The standard InChI is InChI=1S/C16H14N2O3/c1-2-20-12-8-9-13(14(19)10-12)16-17-15(18-21-16)11-6-4-3-5-7-11/h3-10,19H,2H2,1H3. The summed E-state index contributed by atoms with van der Waals surface area (Å²) in [6, 6.07) is 14.5. The third-order valence-corrected chi connectivity index (χ3v) is 2.97. The van der Waals surface area contributed by atoms with Crippen LogP contribution in [0.15, 0.2) is 53.1 Å². The molecule has 0 amide bonds. The van der Waals surface area contributed by atoms with Crippen LogP contribution in [0.5, 0.6) is 11.5 Å². The van der Waals surface area contributed by atoms with Gasteiger partial charge in [0.25, 0.3) is 5.89 Å². The first-order valence-corrected chi connectivity index (χ1v) is 6.63. The Morgan fingerprint density at radius 2 is 1.95 bits per heavy atom. The number of nitrogens with zero attached hydrogens (tertiary/aromatic N) is 2. The quantitative estimate of drug-likeness (QED) is 0.793. The summed E-state index contributed by atoms with van der Waals surface area (Å²) in [6.45, 7) is 2.42. The monoisotopic (exact) mass is 282 g/mol. The van der Waals surface area contributed by atoms with E-state index in [9.17, 15) is 5.11 Å². The third kappa shape index (κ3) is 2.72. The molecule has 0 saturated heterocycles. The fourth-order valence-corrected chi connectivity index (χ4v) is 1.99. The molecule has 2 aromatic carbocycles. The van der Waals surface area contributed by atoms with Gasteiger partial charge in [0.05, 0.1) is 12.2 Å². The molecule has 1 N–H and O–H groups in total. The number of ether oxygens (including phenoxy) is 1. The fourth-order valence-electron chi connectivity index (χ4n) is 1.99. The van der Waals surface area contributed by atoms with Gasteiger partial charge >= 0.3 is 0 Å². The molecule has 0 aliphatic heterocycles.